The highest BCUT2D eigenvalue weighted by atomic mass is 32.2. The lowest BCUT2D eigenvalue weighted by Crippen LogP contribution is -2.25. The van der Waals surface area contributed by atoms with Gasteiger partial charge in [0.05, 0.1) is 7.11 Å². The maximum Gasteiger partial charge on any atom is 0.262 e. The van der Waals surface area contributed by atoms with Crippen LogP contribution in [0, 0.1) is 0 Å². The first-order valence-electron chi connectivity index (χ1n) is 8.26. The molecule has 1 N–H and O–H groups in total. The number of pyridine rings is 1. The van der Waals surface area contributed by atoms with Crippen molar-refractivity contribution < 1.29 is 9.53 Å². The number of methoxy groups -OCH3 is 1. The molecule has 0 aliphatic rings. The lowest BCUT2D eigenvalue weighted by atomic mass is 10.1. The van der Waals surface area contributed by atoms with E-state index in [2.05, 4.69) is 10.3 Å². The minimum absolute atomic E-state index is 0.00857. The molecular weight excluding hydrogens is 364 g/mol. The van der Waals surface area contributed by atoms with Crippen LogP contribution in [0.1, 0.15) is 20.8 Å². The lowest BCUT2D eigenvalue weighted by Gasteiger charge is -2.07. The van der Waals surface area contributed by atoms with Crippen LogP contribution >= 0.6 is 23.1 Å². The summed E-state index contributed by atoms with van der Waals surface area (Å²) >= 11 is 3.16. The second-order valence-electron chi connectivity index (χ2n) is 5.61. The summed E-state index contributed by atoms with van der Waals surface area (Å²) in [6.07, 6.45) is 4.37. The molecule has 134 valence electrons. The maximum atomic E-state index is 12.5. The summed E-state index contributed by atoms with van der Waals surface area (Å²) in [5.74, 6) is 1.66. The first kappa shape index (κ1) is 18.5. The molecular formula is C20H20N2O2S2. The monoisotopic (exact) mass is 384 g/mol. The van der Waals surface area contributed by atoms with Crippen molar-refractivity contribution in [2.45, 2.75) is 17.1 Å². The highest BCUT2D eigenvalue weighted by molar-refractivity contribution is 7.98. The van der Waals surface area contributed by atoms with Crippen molar-refractivity contribution >= 4 is 29.0 Å². The number of carbonyl (C=O) groups excluding carboxylic acids is 1. The fourth-order valence-corrected chi connectivity index (χ4v) is 4.42. The fraction of sp³-hybridized carbons (Fsp3) is 0.200. The summed E-state index contributed by atoms with van der Waals surface area (Å²) in [5.41, 5.74) is 2.37. The first-order valence-corrected chi connectivity index (χ1v) is 10.1. The van der Waals surface area contributed by atoms with Gasteiger partial charge in [-0.25, -0.2) is 0 Å². The molecule has 6 heteroatoms. The van der Waals surface area contributed by atoms with E-state index in [-0.39, 0.29) is 5.91 Å². The molecule has 1 amide bonds. The average Bonchev–Trinajstić information content (AvgIpc) is 3.16. The number of nitrogens with zero attached hydrogens (tertiary/aromatic N) is 1. The second-order valence-corrected chi connectivity index (χ2v) is 7.55. The Hall–Kier alpha value is -2.31. The van der Waals surface area contributed by atoms with Crippen LogP contribution in [0.25, 0.3) is 0 Å². The van der Waals surface area contributed by atoms with E-state index in [4.69, 9.17) is 4.74 Å². The molecule has 3 rings (SSSR count). The van der Waals surface area contributed by atoms with E-state index in [1.54, 1.807) is 31.3 Å². The number of carbonyl (C=O) groups is 1. The van der Waals surface area contributed by atoms with Crippen LogP contribution in [-0.4, -0.2) is 24.5 Å². The van der Waals surface area contributed by atoms with Gasteiger partial charge in [0.15, 0.2) is 0 Å². The van der Waals surface area contributed by atoms with Gasteiger partial charge in [-0.15, -0.1) is 23.1 Å². The van der Waals surface area contributed by atoms with Crippen molar-refractivity contribution in [2.75, 3.05) is 13.7 Å². The Bertz CT molecular complexity index is 833. The number of hydrogen-bond donors (Lipinski definition) is 1. The normalized spacial score (nSPS) is 10.5. The van der Waals surface area contributed by atoms with Crippen molar-refractivity contribution in [3.8, 4) is 5.75 Å². The Balaban J connectivity index is 1.51. The molecule has 0 saturated heterocycles. The largest absolute Gasteiger partial charge is 0.497 e. The molecule has 26 heavy (non-hydrogen) atoms. The van der Waals surface area contributed by atoms with Gasteiger partial charge in [-0.1, -0.05) is 12.1 Å². The van der Waals surface area contributed by atoms with Crippen molar-refractivity contribution in [1.29, 1.82) is 0 Å². The summed E-state index contributed by atoms with van der Waals surface area (Å²) in [6, 6.07) is 13.9. The van der Waals surface area contributed by atoms with Crippen LogP contribution < -0.4 is 10.1 Å². The number of benzene rings is 1. The Labute approximate surface area is 161 Å². The van der Waals surface area contributed by atoms with Gasteiger partial charge in [-0.05, 0) is 53.3 Å². The minimum atomic E-state index is -0.00857. The third-order valence-corrected chi connectivity index (χ3v) is 6.01. The number of ether oxygens (including phenoxy) is 1. The molecule has 3 aromatic rings. The van der Waals surface area contributed by atoms with Crippen LogP contribution in [0.2, 0.25) is 0 Å². The van der Waals surface area contributed by atoms with Gasteiger partial charge in [0.1, 0.15) is 10.6 Å². The van der Waals surface area contributed by atoms with E-state index in [0.29, 0.717) is 6.54 Å². The van der Waals surface area contributed by atoms with E-state index >= 15 is 0 Å². The van der Waals surface area contributed by atoms with Gasteiger partial charge in [0.2, 0.25) is 0 Å². The Morgan fingerprint density at radius 1 is 1.12 bits per heavy atom. The summed E-state index contributed by atoms with van der Waals surface area (Å²) in [4.78, 5) is 18.3. The van der Waals surface area contributed by atoms with Gasteiger partial charge >= 0.3 is 0 Å². The van der Waals surface area contributed by atoms with Crippen molar-refractivity contribution in [2.24, 2.45) is 0 Å². The predicted molar refractivity (Wildman–Crippen MR) is 107 cm³/mol. The number of thioether (sulfide) groups is 1. The summed E-state index contributed by atoms with van der Waals surface area (Å²) in [5, 5.41) is 4.98. The lowest BCUT2D eigenvalue weighted by molar-refractivity contribution is 0.0955. The van der Waals surface area contributed by atoms with E-state index in [1.165, 1.54) is 22.5 Å². The highest BCUT2D eigenvalue weighted by Gasteiger charge is 2.13. The quantitative estimate of drug-likeness (QED) is 0.584. The average molecular weight is 385 g/mol. The fourth-order valence-electron chi connectivity index (χ4n) is 2.41. The van der Waals surface area contributed by atoms with Crippen LogP contribution in [0.4, 0.5) is 0 Å². The summed E-state index contributed by atoms with van der Waals surface area (Å²) in [7, 11) is 1.65. The smallest absolute Gasteiger partial charge is 0.262 e. The first-order chi connectivity index (χ1) is 12.8. The minimum Gasteiger partial charge on any atom is -0.497 e. The second kappa shape index (κ2) is 9.40. The molecule has 1 aromatic carbocycles. The van der Waals surface area contributed by atoms with E-state index in [0.717, 1.165) is 27.7 Å². The number of amides is 1. The van der Waals surface area contributed by atoms with Crippen LogP contribution in [0.15, 0.2) is 65.1 Å². The Kier molecular flexibility index (Phi) is 6.68. The SMILES string of the molecule is COc1ccc(CCNC(=O)c2sccc2SCc2ccncc2)cc1. The van der Waals surface area contributed by atoms with Gasteiger partial charge in [0, 0.05) is 29.6 Å². The van der Waals surface area contributed by atoms with Gasteiger partial charge in [-0.3, -0.25) is 9.78 Å². The number of rotatable bonds is 8. The molecule has 0 atom stereocenters. The van der Waals surface area contributed by atoms with Crippen LogP contribution in [-0.2, 0) is 12.2 Å². The van der Waals surface area contributed by atoms with Gasteiger partial charge in [-0.2, -0.15) is 0 Å². The van der Waals surface area contributed by atoms with Crippen LogP contribution in [0.3, 0.4) is 0 Å². The molecule has 4 nitrogen and oxygen atoms in total. The zero-order valence-electron chi connectivity index (χ0n) is 14.5. The summed E-state index contributed by atoms with van der Waals surface area (Å²) in [6.45, 7) is 0.609. The maximum absolute atomic E-state index is 12.5. The topological polar surface area (TPSA) is 51.2 Å². The molecule has 0 spiro atoms. The Morgan fingerprint density at radius 2 is 1.88 bits per heavy atom. The van der Waals surface area contributed by atoms with Crippen molar-refractivity contribution in [1.82, 2.24) is 10.3 Å². The predicted octanol–water partition coefficient (Wildman–Crippen LogP) is 4.42. The standard InChI is InChI=1S/C20H20N2O2S2/c1-24-17-4-2-15(3-5-17)8-12-22-20(23)19-18(9-13-25-19)26-14-16-6-10-21-11-7-16/h2-7,9-11,13H,8,12,14H2,1H3,(H,22,23). The van der Waals surface area contributed by atoms with Crippen molar-refractivity contribution in [3.05, 3.63) is 76.2 Å². The summed E-state index contributed by atoms with van der Waals surface area (Å²) < 4.78 is 5.15. The molecule has 2 heterocycles. The molecule has 0 saturated carbocycles. The molecule has 0 fully saturated rings. The van der Waals surface area contributed by atoms with Gasteiger partial charge in [0.25, 0.3) is 5.91 Å². The van der Waals surface area contributed by atoms with Crippen molar-refractivity contribution in [3.63, 3.8) is 0 Å². The zero-order valence-corrected chi connectivity index (χ0v) is 16.1. The molecule has 2 aromatic heterocycles. The zero-order chi connectivity index (χ0) is 18.2. The van der Waals surface area contributed by atoms with E-state index in [9.17, 15) is 4.79 Å². The van der Waals surface area contributed by atoms with Gasteiger partial charge < -0.3 is 10.1 Å². The third-order valence-electron chi connectivity index (χ3n) is 3.84. The third kappa shape index (κ3) is 5.09. The highest BCUT2D eigenvalue weighted by Crippen LogP contribution is 2.30. The number of thiophene rings is 1. The molecule has 0 aliphatic heterocycles. The molecule has 0 bridgehead atoms. The number of aromatic nitrogens is 1. The Morgan fingerprint density at radius 3 is 2.62 bits per heavy atom. The molecule has 0 radical (unpaired) electrons. The van der Waals surface area contributed by atoms with E-state index < -0.39 is 0 Å². The molecule has 0 unspecified atom stereocenters. The molecule has 0 aliphatic carbocycles. The van der Waals surface area contributed by atoms with E-state index in [1.807, 2.05) is 47.8 Å². The van der Waals surface area contributed by atoms with Crippen LogP contribution in [0.5, 0.6) is 5.75 Å². The number of nitrogens with one attached hydrogen (secondary N) is 1. The number of hydrogen-bond acceptors (Lipinski definition) is 5.